The Kier molecular flexibility index (Phi) is 5.03. The molecular weight excluding hydrogens is 286 g/mol. The van der Waals surface area contributed by atoms with E-state index in [0.717, 1.165) is 43.6 Å². The molecule has 2 aromatic rings. The number of aromatic nitrogens is 1. The number of hydrogen-bond donors (Lipinski definition) is 1. The minimum absolute atomic E-state index is 0.112. The highest BCUT2D eigenvalue weighted by molar-refractivity contribution is 5.83. The Morgan fingerprint density at radius 3 is 2.91 bits per heavy atom. The first-order valence-electron chi connectivity index (χ1n) is 8.29. The summed E-state index contributed by atoms with van der Waals surface area (Å²) < 4.78 is 0. The third-order valence-corrected chi connectivity index (χ3v) is 4.24. The van der Waals surface area contributed by atoms with Crippen LogP contribution in [0.4, 0.5) is 0 Å². The number of nitrogens with one attached hydrogen (secondary N) is 1. The molecule has 1 N–H and O–H groups in total. The normalized spacial score (nSPS) is 18.2. The molecule has 3 rings (SSSR count). The van der Waals surface area contributed by atoms with Crippen LogP contribution >= 0.6 is 0 Å². The van der Waals surface area contributed by atoms with Gasteiger partial charge in [0.05, 0.1) is 6.04 Å². The first-order valence-corrected chi connectivity index (χ1v) is 8.29. The highest BCUT2D eigenvalue weighted by Crippen LogP contribution is 2.20. The van der Waals surface area contributed by atoms with E-state index >= 15 is 0 Å². The molecule has 2 heterocycles. The van der Waals surface area contributed by atoms with Crippen LogP contribution in [-0.2, 0) is 11.2 Å². The Balaban J connectivity index is 1.74. The van der Waals surface area contributed by atoms with Gasteiger partial charge in [-0.3, -0.25) is 9.78 Å². The molecule has 1 aliphatic heterocycles. The highest BCUT2D eigenvalue weighted by atomic mass is 16.2. The topological polar surface area (TPSA) is 45.2 Å². The fourth-order valence-corrected chi connectivity index (χ4v) is 3.09. The zero-order valence-corrected chi connectivity index (χ0v) is 13.5. The van der Waals surface area contributed by atoms with Gasteiger partial charge < -0.3 is 10.2 Å². The molecule has 1 saturated heterocycles. The first-order chi connectivity index (χ1) is 11.3. The van der Waals surface area contributed by atoms with Gasteiger partial charge in [0.15, 0.2) is 0 Å². The van der Waals surface area contributed by atoms with Crippen LogP contribution in [0.5, 0.6) is 0 Å². The molecule has 1 fully saturated rings. The summed E-state index contributed by atoms with van der Waals surface area (Å²) in [5.41, 5.74) is 3.42. The summed E-state index contributed by atoms with van der Waals surface area (Å²) in [6, 6.07) is 12.3. The number of amides is 1. The van der Waals surface area contributed by atoms with Crippen molar-refractivity contribution in [1.82, 2.24) is 15.2 Å². The second kappa shape index (κ2) is 7.38. The Bertz CT molecular complexity index is 655. The van der Waals surface area contributed by atoms with Crippen molar-refractivity contribution in [1.29, 1.82) is 0 Å². The van der Waals surface area contributed by atoms with Gasteiger partial charge in [0.2, 0.25) is 5.91 Å². The van der Waals surface area contributed by atoms with Crippen LogP contribution in [0, 0.1) is 0 Å². The Hall–Kier alpha value is -2.20. The summed E-state index contributed by atoms with van der Waals surface area (Å²) in [4.78, 5) is 18.7. The van der Waals surface area contributed by atoms with E-state index in [1.54, 1.807) is 6.20 Å². The van der Waals surface area contributed by atoms with Crippen LogP contribution in [0.2, 0.25) is 0 Å². The summed E-state index contributed by atoms with van der Waals surface area (Å²) >= 11 is 0. The fourth-order valence-electron chi connectivity index (χ4n) is 3.09. The van der Waals surface area contributed by atoms with Crippen molar-refractivity contribution in [2.24, 2.45) is 0 Å². The van der Waals surface area contributed by atoms with Gasteiger partial charge in [-0.25, -0.2) is 0 Å². The monoisotopic (exact) mass is 309 g/mol. The summed E-state index contributed by atoms with van der Waals surface area (Å²) in [6.07, 6.45) is 5.38. The van der Waals surface area contributed by atoms with Crippen molar-refractivity contribution in [3.8, 4) is 11.1 Å². The van der Waals surface area contributed by atoms with E-state index in [-0.39, 0.29) is 11.9 Å². The molecule has 1 aromatic carbocycles. The standard InChI is InChI=1S/C19H23N3O/c1-2-10-22-11-9-21-18(19(22)23)13-15-5-3-6-16(12-15)17-7-4-8-20-14-17/h3-8,12,14,18,21H,2,9-11,13H2,1H3/t18-/m0/s1. The van der Waals surface area contributed by atoms with Crippen molar-refractivity contribution in [3.63, 3.8) is 0 Å². The third kappa shape index (κ3) is 3.77. The lowest BCUT2D eigenvalue weighted by Crippen LogP contribution is -2.55. The number of pyridine rings is 1. The minimum atomic E-state index is -0.112. The lowest BCUT2D eigenvalue weighted by molar-refractivity contribution is -0.135. The Labute approximate surface area is 137 Å². The van der Waals surface area contributed by atoms with Crippen molar-refractivity contribution < 1.29 is 4.79 Å². The number of benzene rings is 1. The van der Waals surface area contributed by atoms with Gasteiger partial charge in [0, 0.05) is 32.0 Å². The number of rotatable bonds is 5. The number of carbonyl (C=O) groups is 1. The number of hydrogen-bond acceptors (Lipinski definition) is 3. The van der Waals surface area contributed by atoms with Crippen LogP contribution in [-0.4, -0.2) is 41.5 Å². The van der Waals surface area contributed by atoms with E-state index < -0.39 is 0 Å². The van der Waals surface area contributed by atoms with Gasteiger partial charge in [-0.15, -0.1) is 0 Å². The molecule has 4 heteroatoms. The molecule has 120 valence electrons. The maximum atomic E-state index is 12.5. The maximum absolute atomic E-state index is 12.5. The highest BCUT2D eigenvalue weighted by Gasteiger charge is 2.27. The average molecular weight is 309 g/mol. The summed E-state index contributed by atoms with van der Waals surface area (Å²) in [5, 5.41) is 3.36. The Morgan fingerprint density at radius 2 is 2.13 bits per heavy atom. The van der Waals surface area contributed by atoms with E-state index in [9.17, 15) is 4.79 Å². The number of piperazine rings is 1. The van der Waals surface area contributed by atoms with Crippen LogP contribution < -0.4 is 5.32 Å². The van der Waals surface area contributed by atoms with E-state index in [1.165, 1.54) is 5.56 Å². The van der Waals surface area contributed by atoms with Gasteiger partial charge in [0.1, 0.15) is 0 Å². The molecule has 1 aromatic heterocycles. The zero-order chi connectivity index (χ0) is 16.1. The first kappa shape index (κ1) is 15.7. The SMILES string of the molecule is CCCN1CCN[C@@H](Cc2cccc(-c3cccnc3)c2)C1=O. The second-order valence-corrected chi connectivity index (χ2v) is 5.98. The van der Waals surface area contributed by atoms with E-state index in [2.05, 4.69) is 47.6 Å². The largest absolute Gasteiger partial charge is 0.340 e. The van der Waals surface area contributed by atoms with Crippen molar-refractivity contribution in [2.75, 3.05) is 19.6 Å². The summed E-state index contributed by atoms with van der Waals surface area (Å²) in [6.45, 7) is 4.66. The van der Waals surface area contributed by atoms with Gasteiger partial charge in [-0.1, -0.05) is 37.3 Å². The van der Waals surface area contributed by atoms with E-state index in [1.807, 2.05) is 17.2 Å². The van der Waals surface area contributed by atoms with Crippen LogP contribution in [0.1, 0.15) is 18.9 Å². The van der Waals surface area contributed by atoms with Gasteiger partial charge in [-0.05, 0) is 35.6 Å². The number of carbonyl (C=O) groups excluding carboxylic acids is 1. The predicted molar refractivity (Wildman–Crippen MR) is 92.0 cm³/mol. The molecule has 1 atom stereocenters. The van der Waals surface area contributed by atoms with Gasteiger partial charge >= 0.3 is 0 Å². The molecule has 0 saturated carbocycles. The molecule has 0 aliphatic carbocycles. The smallest absolute Gasteiger partial charge is 0.240 e. The van der Waals surface area contributed by atoms with Gasteiger partial charge in [0.25, 0.3) is 0 Å². The molecule has 1 aliphatic rings. The number of nitrogens with zero attached hydrogens (tertiary/aromatic N) is 2. The molecular formula is C19H23N3O. The molecule has 23 heavy (non-hydrogen) atoms. The van der Waals surface area contributed by atoms with Crippen LogP contribution in [0.25, 0.3) is 11.1 Å². The average Bonchev–Trinajstić information content (AvgIpc) is 2.60. The minimum Gasteiger partial charge on any atom is -0.340 e. The summed E-state index contributed by atoms with van der Waals surface area (Å²) in [5.74, 6) is 0.227. The van der Waals surface area contributed by atoms with Crippen molar-refractivity contribution >= 4 is 5.91 Å². The fraction of sp³-hybridized carbons (Fsp3) is 0.368. The molecule has 0 bridgehead atoms. The quantitative estimate of drug-likeness (QED) is 0.923. The molecule has 0 radical (unpaired) electrons. The molecule has 0 unspecified atom stereocenters. The molecule has 4 nitrogen and oxygen atoms in total. The molecule has 0 spiro atoms. The molecule has 1 amide bonds. The summed E-state index contributed by atoms with van der Waals surface area (Å²) in [7, 11) is 0. The van der Waals surface area contributed by atoms with Crippen molar-refractivity contribution in [3.05, 3.63) is 54.4 Å². The van der Waals surface area contributed by atoms with Crippen LogP contribution in [0.15, 0.2) is 48.8 Å². The maximum Gasteiger partial charge on any atom is 0.240 e. The van der Waals surface area contributed by atoms with Crippen LogP contribution in [0.3, 0.4) is 0 Å². The van der Waals surface area contributed by atoms with Gasteiger partial charge in [-0.2, -0.15) is 0 Å². The second-order valence-electron chi connectivity index (χ2n) is 5.98. The van der Waals surface area contributed by atoms with Crippen molar-refractivity contribution in [2.45, 2.75) is 25.8 Å². The Morgan fingerprint density at radius 1 is 1.26 bits per heavy atom. The zero-order valence-electron chi connectivity index (χ0n) is 13.5. The predicted octanol–water partition coefficient (Wildman–Crippen LogP) is 2.50. The third-order valence-electron chi connectivity index (χ3n) is 4.24. The lowest BCUT2D eigenvalue weighted by atomic mass is 9.99. The van der Waals surface area contributed by atoms with E-state index in [4.69, 9.17) is 0 Å². The van der Waals surface area contributed by atoms with E-state index in [0.29, 0.717) is 0 Å². The lowest BCUT2D eigenvalue weighted by Gasteiger charge is -2.33.